The second kappa shape index (κ2) is 6.57. The van der Waals surface area contributed by atoms with E-state index < -0.39 is 10.0 Å². The summed E-state index contributed by atoms with van der Waals surface area (Å²) in [6.45, 7) is 3.04. The minimum Gasteiger partial charge on any atom is -0.279 e. The van der Waals surface area contributed by atoms with E-state index in [1.807, 2.05) is 6.92 Å². The van der Waals surface area contributed by atoms with Crippen LogP contribution < -0.4 is 5.69 Å². The van der Waals surface area contributed by atoms with E-state index >= 15 is 0 Å². The molecule has 1 saturated heterocycles. The van der Waals surface area contributed by atoms with Gasteiger partial charge in [-0.2, -0.15) is 9.40 Å². The Kier molecular flexibility index (Phi) is 4.35. The van der Waals surface area contributed by atoms with E-state index in [0.29, 0.717) is 30.9 Å². The Hall–Kier alpha value is -2.53. The molecule has 1 aromatic carbocycles. The summed E-state index contributed by atoms with van der Waals surface area (Å²) in [5.74, 6) is 0.489. The van der Waals surface area contributed by atoms with Gasteiger partial charge >= 0.3 is 5.69 Å². The molecule has 1 atom stereocenters. The highest BCUT2D eigenvalue weighted by Crippen LogP contribution is 2.31. The summed E-state index contributed by atoms with van der Waals surface area (Å²) in [5, 5.41) is 11.8. The van der Waals surface area contributed by atoms with Crippen LogP contribution in [0, 0.1) is 0 Å². The van der Waals surface area contributed by atoms with Crippen LogP contribution in [0.4, 0.5) is 0 Å². The van der Waals surface area contributed by atoms with Gasteiger partial charge in [0.2, 0.25) is 10.0 Å². The lowest BCUT2D eigenvalue weighted by Crippen LogP contribution is -2.40. The van der Waals surface area contributed by atoms with Crippen LogP contribution in [0.5, 0.6) is 0 Å². The first kappa shape index (κ1) is 17.9. The minimum atomic E-state index is -3.77. The van der Waals surface area contributed by atoms with Gasteiger partial charge in [-0.15, -0.1) is 0 Å². The Morgan fingerprint density at radius 3 is 2.89 bits per heavy atom. The van der Waals surface area contributed by atoms with Gasteiger partial charge in [-0.05, 0) is 42.2 Å². The molecule has 0 amide bonds. The zero-order chi connectivity index (χ0) is 19.2. The zero-order valence-corrected chi connectivity index (χ0v) is 15.9. The van der Waals surface area contributed by atoms with Crippen LogP contribution in [-0.2, 0) is 23.6 Å². The molecule has 2 aromatic heterocycles. The van der Waals surface area contributed by atoms with Crippen molar-refractivity contribution < 1.29 is 13.0 Å². The van der Waals surface area contributed by atoms with Crippen molar-refractivity contribution >= 4 is 21.1 Å². The third-order valence-electron chi connectivity index (χ3n) is 4.97. The molecule has 3 heterocycles. The van der Waals surface area contributed by atoms with Crippen LogP contribution in [0.1, 0.15) is 31.5 Å². The molecular formula is C16H20N6O4S. The predicted octanol–water partition coefficient (Wildman–Crippen LogP) is 0.706. The largest absolute Gasteiger partial charge is 0.345 e. The van der Waals surface area contributed by atoms with Crippen LogP contribution in [0.15, 0.2) is 32.5 Å². The van der Waals surface area contributed by atoms with Crippen molar-refractivity contribution in [2.24, 2.45) is 7.05 Å². The molecule has 144 valence electrons. The number of nitrogens with zero attached hydrogens (tertiary/aromatic N) is 6. The van der Waals surface area contributed by atoms with Crippen LogP contribution in [0.25, 0.3) is 11.0 Å². The average Bonchev–Trinajstić information content (AvgIpc) is 3.26. The number of piperidine rings is 1. The molecule has 11 heteroatoms. The van der Waals surface area contributed by atoms with Crippen molar-refractivity contribution in [3.05, 3.63) is 34.5 Å². The summed E-state index contributed by atoms with van der Waals surface area (Å²) in [6, 6.07) is 4.78. The van der Waals surface area contributed by atoms with E-state index in [-0.39, 0.29) is 28.6 Å². The van der Waals surface area contributed by atoms with E-state index in [9.17, 15) is 13.2 Å². The molecule has 1 aliphatic heterocycles. The zero-order valence-electron chi connectivity index (χ0n) is 15.1. The molecule has 0 unspecified atom stereocenters. The van der Waals surface area contributed by atoms with E-state index in [0.717, 1.165) is 6.42 Å². The fourth-order valence-corrected chi connectivity index (χ4v) is 5.28. The number of benzene rings is 1. The van der Waals surface area contributed by atoms with Gasteiger partial charge in [-0.25, -0.2) is 22.5 Å². The number of fused-ring (bicyclic) bond motifs is 1. The normalized spacial score (nSPS) is 19.0. The molecule has 3 aromatic rings. The summed E-state index contributed by atoms with van der Waals surface area (Å²) in [5.41, 5.74) is 0.433. The van der Waals surface area contributed by atoms with Gasteiger partial charge in [-0.1, -0.05) is 6.07 Å². The predicted molar refractivity (Wildman–Crippen MR) is 95.7 cm³/mol. The molecule has 10 nitrogen and oxygen atoms in total. The number of sulfonamides is 1. The number of hydrogen-bond donors (Lipinski definition) is 0. The van der Waals surface area contributed by atoms with Gasteiger partial charge in [0, 0.05) is 32.6 Å². The molecular weight excluding hydrogens is 372 g/mol. The molecule has 0 radical (unpaired) electrons. The summed E-state index contributed by atoms with van der Waals surface area (Å²) >= 11 is 0. The molecule has 0 spiro atoms. The van der Waals surface area contributed by atoms with Crippen LogP contribution in [0.3, 0.4) is 0 Å². The Balaban J connectivity index is 1.70. The fourth-order valence-electron chi connectivity index (χ4n) is 3.62. The lowest BCUT2D eigenvalue weighted by atomic mass is 9.99. The van der Waals surface area contributed by atoms with Gasteiger partial charge in [-0.3, -0.25) is 4.57 Å². The third kappa shape index (κ3) is 2.86. The molecule has 0 saturated carbocycles. The van der Waals surface area contributed by atoms with E-state index in [1.54, 1.807) is 23.7 Å². The monoisotopic (exact) mass is 392 g/mol. The summed E-state index contributed by atoms with van der Waals surface area (Å²) in [6.07, 6.45) is 1.46. The SMILES string of the molecule is CCn1c([C@@H]2CCCN(S(=O)(=O)c3cccc4nonc34)C2)nn(C)c1=O. The van der Waals surface area contributed by atoms with E-state index in [4.69, 9.17) is 4.63 Å². The molecule has 0 N–H and O–H groups in total. The Bertz CT molecular complexity index is 1150. The maximum absolute atomic E-state index is 13.2. The second-order valence-corrected chi connectivity index (χ2v) is 8.51. The molecule has 0 aliphatic carbocycles. The smallest absolute Gasteiger partial charge is 0.279 e. The highest BCUT2D eigenvalue weighted by Gasteiger charge is 2.35. The quantitative estimate of drug-likeness (QED) is 0.642. The molecule has 1 fully saturated rings. The van der Waals surface area contributed by atoms with Gasteiger partial charge in [0.25, 0.3) is 0 Å². The van der Waals surface area contributed by atoms with Crippen molar-refractivity contribution in [2.45, 2.75) is 37.1 Å². The maximum Gasteiger partial charge on any atom is 0.345 e. The second-order valence-electron chi connectivity index (χ2n) is 6.60. The van der Waals surface area contributed by atoms with E-state index in [2.05, 4.69) is 15.4 Å². The number of aromatic nitrogens is 5. The standard InChI is InChI=1S/C16H20N6O4S/c1-3-22-15(17-20(2)16(22)23)11-6-5-9-21(10-11)27(24,25)13-8-4-7-12-14(13)19-26-18-12/h4,7-8,11H,3,5-6,9-10H2,1-2H3/t11-/m1/s1. The Morgan fingerprint density at radius 1 is 1.30 bits per heavy atom. The van der Waals surface area contributed by atoms with Crippen molar-refractivity contribution in [1.29, 1.82) is 0 Å². The number of hydrogen-bond acceptors (Lipinski definition) is 7. The van der Waals surface area contributed by atoms with Crippen LogP contribution in [-0.4, -0.2) is 50.5 Å². The lowest BCUT2D eigenvalue weighted by Gasteiger charge is -2.31. The fraction of sp³-hybridized carbons (Fsp3) is 0.500. The summed E-state index contributed by atoms with van der Waals surface area (Å²) < 4.78 is 35.5. The number of aryl methyl sites for hydroxylation is 1. The van der Waals surface area contributed by atoms with Gasteiger partial charge in [0.1, 0.15) is 16.2 Å². The first-order valence-corrected chi connectivity index (χ1v) is 10.2. The number of rotatable bonds is 4. The lowest BCUT2D eigenvalue weighted by molar-refractivity contribution is 0.303. The summed E-state index contributed by atoms with van der Waals surface area (Å²) in [7, 11) is -2.17. The maximum atomic E-state index is 13.2. The molecule has 27 heavy (non-hydrogen) atoms. The first-order valence-electron chi connectivity index (χ1n) is 8.78. The van der Waals surface area contributed by atoms with Crippen molar-refractivity contribution in [3.8, 4) is 0 Å². The van der Waals surface area contributed by atoms with Crippen molar-refractivity contribution in [3.63, 3.8) is 0 Å². The van der Waals surface area contributed by atoms with Crippen LogP contribution in [0.2, 0.25) is 0 Å². The third-order valence-corrected chi connectivity index (χ3v) is 6.87. The molecule has 1 aliphatic rings. The summed E-state index contributed by atoms with van der Waals surface area (Å²) in [4.78, 5) is 12.3. The first-order chi connectivity index (χ1) is 12.9. The highest BCUT2D eigenvalue weighted by molar-refractivity contribution is 7.89. The van der Waals surface area contributed by atoms with E-state index in [1.165, 1.54) is 15.1 Å². The topological polar surface area (TPSA) is 116 Å². The average molecular weight is 392 g/mol. The Morgan fingerprint density at radius 2 is 2.11 bits per heavy atom. The van der Waals surface area contributed by atoms with Crippen molar-refractivity contribution in [1.82, 2.24) is 29.0 Å². The minimum absolute atomic E-state index is 0.0794. The van der Waals surface area contributed by atoms with Gasteiger partial charge in [0.15, 0.2) is 5.52 Å². The van der Waals surface area contributed by atoms with Crippen molar-refractivity contribution in [2.75, 3.05) is 13.1 Å². The molecule has 0 bridgehead atoms. The van der Waals surface area contributed by atoms with Gasteiger partial charge < -0.3 is 0 Å². The molecule has 4 rings (SSSR count). The Labute approximate surface area is 155 Å². The van der Waals surface area contributed by atoms with Crippen LogP contribution >= 0.6 is 0 Å². The highest BCUT2D eigenvalue weighted by atomic mass is 32.2. The van der Waals surface area contributed by atoms with Gasteiger partial charge in [0.05, 0.1) is 0 Å².